The van der Waals surface area contributed by atoms with Gasteiger partial charge in [-0.1, -0.05) is 53.8 Å². The highest BCUT2D eigenvalue weighted by Gasteiger charge is 2.30. The first kappa shape index (κ1) is 23.1. The van der Waals surface area contributed by atoms with Gasteiger partial charge in [-0.2, -0.15) is 0 Å². The molecule has 1 aliphatic heterocycles. The lowest BCUT2D eigenvalue weighted by atomic mass is 10.0. The van der Waals surface area contributed by atoms with Gasteiger partial charge in [-0.15, -0.1) is 0 Å². The van der Waals surface area contributed by atoms with Crippen LogP contribution in [-0.4, -0.2) is 22.1 Å². The molecule has 172 valence electrons. The number of non-ortho nitro benzene ring substituents is 1. The Balaban J connectivity index is 1.84. The molecule has 8 nitrogen and oxygen atoms in total. The van der Waals surface area contributed by atoms with Gasteiger partial charge in [0.2, 0.25) is 0 Å². The van der Waals surface area contributed by atoms with Crippen LogP contribution in [0.25, 0.3) is 12.2 Å². The molecule has 0 saturated carbocycles. The molecule has 3 aromatic rings. The number of aromatic nitrogens is 1. The van der Waals surface area contributed by atoms with Crippen molar-refractivity contribution in [1.29, 1.82) is 0 Å². The Morgan fingerprint density at radius 2 is 1.88 bits per heavy atom. The number of nitro groups is 1. The second kappa shape index (κ2) is 9.80. The van der Waals surface area contributed by atoms with Crippen LogP contribution in [0.2, 0.25) is 0 Å². The van der Waals surface area contributed by atoms with Crippen LogP contribution in [0.5, 0.6) is 0 Å². The zero-order valence-corrected chi connectivity index (χ0v) is 19.3. The molecular weight excluding hydrogens is 454 g/mol. The van der Waals surface area contributed by atoms with Crippen molar-refractivity contribution in [2.75, 3.05) is 6.61 Å². The van der Waals surface area contributed by atoms with E-state index < -0.39 is 16.9 Å². The maximum Gasteiger partial charge on any atom is 0.338 e. The number of thiazole rings is 1. The molecule has 4 rings (SSSR count). The van der Waals surface area contributed by atoms with Crippen molar-refractivity contribution in [1.82, 2.24) is 4.57 Å². The third kappa shape index (κ3) is 4.65. The number of carbonyl (C=O) groups is 1. The largest absolute Gasteiger partial charge is 0.463 e. The lowest BCUT2D eigenvalue weighted by molar-refractivity contribution is -0.384. The summed E-state index contributed by atoms with van der Waals surface area (Å²) in [4.78, 5) is 41.6. The molecule has 34 heavy (non-hydrogen) atoms. The number of fused-ring (bicyclic) bond motifs is 1. The van der Waals surface area contributed by atoms with Crippen molar-refractivity contribution in [3.05, 3.63) is 113 Å². The van der Waals surface area contributed by atoms with Gasteiger partial charge in [-0.3, -0.25) is 19.5 Å². The minimum atomic E-state index is -0.686. The highest BCUT2D eigenvalue weighted by Crippen LogP contribution is 2.26. The average Bonchev–Trinajstić information content (AvgIpc) is 3.12. The second-order valence-electron chi connectivity index (χ2n) is 7.46. The van der Waals surface area contributed by atoms with Crippen molar-refractivity contribution in [2.45, 2.75) is 19.9 Å². The smallest absolute Gasteiger partial charge is 0.338 e. The summed E-state index contributed by atoms with van der Waals surface area (Å²) in [6.07, 6.45) is 5.32. The van der Waals surface area contributed by atoms with E-state index in [1.54, 1.807) is 38.1 Å². The van der Waals surface area contributed by atoms with Crippen LogP contribution < -0.4 is 14.9 Å². The minimum Gasteiger partial charge on any atom is -0.463 e. The van der Waals surface area contributed by atoms with Gasteiger partial charge in [0.1, 0.15) is 0 Å². The molecule has 1 aliphatic rings. The van der Waals surface area contributed by atoms with E-state index >= 15 is 0 Å². The van der Waals surface area contributed by atoms with Gasteiger partial charge in [0.05, 0.1) is 33.4 Å². The summed E-state index contributed by atoms with van der Waals surface area (Å²) in [5, 5.41) is 10.9. The lowest BCUT2D eigenvalue weighted by Crippen LogP contribution is -2.38. The summed E-state index contributed by atoms with van der Waals surface area (Å²) in [5.41, 5.74) is 2.04. The van der Waals surface area contributed by atoms with Crippen molar-refractivity contribution in [3.8, 4) is 0 Å². The van der Waals surface area contributed by atoms with Gasteiger partial charge in [0.25, 0.3) is 11.2 Å². The van der Waals surface area contributed by atoms with Gasteiger partial charge in [0, 0.05) is 12.1 Å². The van der Waals surface area contributed by atoms with Crippen molar-refractivity contribution < 1.29 is 14.5 Å². The van der Waals surface area contributed by atoms with Crippen LogP contribution in [0.15, 0.2) is 81.7 Å². The fraction of sp³-hybridized carbons (Fsp3) is 0.160. The van der Waals surface area contributed by atoms with Crippen molar-refractivity contribution in [2.24, 2.45) is 4.99 Å². The SMILES string of the molecule is CCOC(=O)C1=C(C)N=c2sc(=Cc3ccc([N+](=O)[O-])cc3)c(=O)n2[C@@H]1/C=C/c1ccccc1. The normalized spacial score (nSPS) is 15.8. The fourth-order valence-corrected chi connectivity index (χ4v) is 4.68. The van der Waals surface area contributed by atoms with E-state index in [4.69, 9.17) is 4.74 Å². The van der Waals surface area contributed by atoms with Gasteiger partial charge < -0.3 is 4.74 Å². The minimum absolute atomic E-state index is 0.0284. The summed E-state index contributed by atoms with van der Waals surface area (Å²) >= 11 is 1.20. The maximum absolute atomic E-state index is 13.4. The fourth-order valence-electron chi connectivity index (χ4n) is 3.63. The lowest BCUT2D eigenvalue weighted by Gasteiger charge is -2.21. The number of hydrogen-bond donors (Lipinski definition) is 0. The summed E-state index contributed by atoms with van der Waals surface area (Å²) in [6, 6.07) is 14.8. The predicted molar refractivity (Wildman–Crippen MR) is 130 cm³/mol. The monoisotopic (exact) mass is 475 g/mol. The average molecular weight is 476 g/mol. The van der Waals surface area contributed by atoms with Crippen LogP contribution in [0.4, 0.5) is 5.69 Å². The molecule has 2 heterocycles. The number of allylic oxidation sites excluding steroid dienone is 2. The molecule has 1 aromatic heterocycles. The third-order valence-electron chi connectivity index (χ3n) is 5.23. The van der Waals surface area contributed by atoms with Gasteiger partial charge in [-0.05, 0) is 43.2 Å². The number of ether oxygens (including phenoxy) is 1. The highest BCUT2D eigenvalue weighted by atomic mass is 32.1. The summed E-state index contributed by atoms with van der Waals surface area (Å²) in [6.45, 7) is 3.65. The van der Waals surface area contributed by atoms with E-state index in [1.807, 2.05) is 36.4 Å². The Morgan fingerprint density at radius 1 is 1.18 bits per heavy atom. The topological polar surface area (TPSA) is 104 Å². The predicted octanol–water partition coefficient (Wildman–Crippen LogP) is 3.37. The molecule has 0 amide bonds. The first-order chi connectivity index (χ1) is 16.4. The Labute approximate surface area is 198 Å². The van der Waals surface area contributed by atoms with E-state index in [1.165, 1.54) is 28.0 Å². The Kier molecular flexibility index (Phi) is 6.65. The first-order valence-electron chi connectivity index (χ1n) is 10.6. The van der Waals surface area contributed by atoms with Gasteiger partial charge >= 0.3 is 5.97 Å². The number of hydrogen-bond acceptors (Lipinski definition) is 7. The number of nitrogens with zero attached hydrogens (tertiary/aromatic N) is 3. The molecule has 0 spiro atoms. The van der Waals surface area contributed by atoms with Gasteiger partial charge in [-0.25, -0.2) is 9.79 Å². The standard InChI is InChI=1S/C25H21N3O5S/c1-3-33-24(30)22-16(2)26-25-27(20(22)14-11-17-7-5-4-6-8-17)23(29)21(34-25)15-18-9-12-19(13-10-18)28(31)32/h4-15,20H,3H2,1-2H3/b14-11+,21-15?/t20-/m1/s1. The molecule has 2 aromatic carbocycles. The van der Waals surface area contributed by atoms with E-state index in [0.717, 1.165) is 5.56 Å². The molecule has 0 aliphatic carbocycles. The maximum atomic E-state index is 13.4. The van der Waals surface area contributed by atoms with E-state index in [-0.39, 0.29) is 17.9 Å². The van der Waals surface area contributed by atoms with Crippen LogP contribution in [0.1, 0.15) is 31.0 Å². The molecule has 9 heteroatoms. The van der Waals surface area contributed by atoms with E-state index in [9.17, 15) is 19.7 Å². The number of nitro benzene ring substituents is 1. The Morgan fingerprint density at radius 3 is 2.53 bits per heavy atom. The van der Waals surface area contributed by atoms with E-state index in [0.29, 0.717) is 26.2 Å². The van der Waals surface area contributed by atoms with Crippen LogP contribution >= 0.6 is 11.3 Å². The summed E-state index contributed by atoms with van der Waals surface area (Å²) in [5.74, 6) is -0.517. The number of rotatable bonds is 6. The first-order valence-corrected chi connectivity index (χ1v) is 11.4. The quantitative estimate of drug-likeness (QED) is 0.309. The molecule has 0 fully saturated rings. The van der Waals surface area contributed by atoms with Gasteiger partial charge in [0.15, 0.2) is 4.80 Å². The zero-order chi connectivity index (χ0) is 24.2. The zero-order valence-electron chi connectivity index (χ0n) is 18.5. The summed E-state index contributed by atoms with van der Waals surface area (Å²) in [7, 11) is 0. The Bertz CT molecular complexity index is 1480. The summed E-state index contributed by atoms with van der Waals surface area (Å²) < 4.78 is 7.15. The number of benzene rings is 2. The van der Waals surface area contributed by atoms with Crippen LogP contribution in [0.3, 0.4) is 0 Å². The molecule has 0 radical (unpaired) electrons. The molecule has 0 unspecified atom stereocenters. The Hall–Kier alpha value is -4.11. The van der Waals surface area contributed by atoms with Crippen molar-refractivity contribution in [3.63, 3.8) is 0 Å². The van der Waals surface area contributed by atoms with E-state index in [2.05, 4.69) is 4.99 Å². The van der Waals surface area contributed by atoms with Crippen molar-refractivity contribution >= 4 is 35.1 Å². The molecule has 0 bridgehead atoms. The highest BCUT2D eigenvalue weighted by molar-refractivity contribution is 7.07. The third-order valence-corrected chi connectivity index (χ3v) is 6.21. The second-order valence-corrected chi connectivity index (χ2v) is 8.47. The molecule has 1 atom stereocenters. The molecule has 0 saturated heterocycles. The molecular formula is C25H21N3O5S. The number of carbonyl (C=O) groups excluding carboxylic acids is 1. The molecule has 0 N–H and O–H groups in total. The number of esters is 1. The van der Waals surface area contributed by atoms with Crippen LogP contribution in [0, 0.1) is 10.1 Å². The van der Waals surface area contributed by atoms with Crippen LogP contribution in [-0.2, 0) is 9.53 Å².